The molecule has 1 aromatic carbocycles. The van der Waals surface area contributed by atoms with Gasteiger partial charge in [-0.3, -0.25) is 15.0 Å². The summed E-state index contributed by atoms with van der Waals surface area (Å²) in [6, 6.07) is 7.97. The number of sulfonamides is 1. The summed E-state index contributed by atoms with van der Waals surface area (Å²) >= 11 is 0. The first-order valence-electron chi connectivity index (χ1n) is 8.13. The molecule has 0 aliphatic rings. The van der Waals surface area contributed by atoms with Crippen LogP contribution in [0.5, 0.6) is 5.75 Å². The van der Waals surface area contributed by atoms with Crippen molar-refractivity contribution < 1.29 is 23.2 Å². The van der Waals surface area contributed by atoms with E-state index in [4.69, 9.17) is 9.94 Å². The van der Waals surface area contributed by atoms with Crippen molar-refractivity contribution in [2.45, 2.75) is 24.4 Å². The molecule has 0 saturated heterocycles. The maximum Gasteiger partial charge on any atom is 0.262 e. The minimum atomic E-state index is -4.09. The predicted molar refractivity (Wildman–Crippen MR) is 98.2 cm³/mol. The lowest BCUT2D eigenvalue weighted by atomic mass is 10.0. The average Bonchev–Trinajstić information content (AvgIpc) is 2.67. The molecule has 27 heavy (non-hydrogen) atoms. The van der Waals surface area contributed by atoms with Crippen molar-refractivity contribution in [1.82, 2.24) is 14.8 Å². The first-order valence-corrected chi connectivity index (χ1v) is 9.57. The van der Waals surface area contributed by atoms with Crippen molar-refractivity contribution in [2.24, 2.45) is 5.92 Å². The Bertz CT molecular complexity index is 854. The number of hydroxylamine groups is 1. The van der Waals surface area contributed by atoms with Gasteiger partial charge in [0, 0.05) is 18.9 Å². The number of aromatic nitrogens is 1. The Morgan fingerprint density at radius 1 is 1.33 bits per heavy atom. The maximum atomic E-state index is 13.3. The molecule has 0 bridgehead atoms. The summed E-state index contributed by atoms with van der Waals surface area (Å²) in [6.07, 6.45) is 3.08. The minimum absolute atomic E-state index is 0.0106. The van der Waals surface area contributed by atoms with E-state index in [2.05, 4.69) is 11.9 Å². The number of nitrogens with zero attached hydrogens (tertiary/aromatic N) is 2. The normalized spacial score (nSPS) is 12.8. The number of carbonyl (C=O) groups excluding carboxylic acids is 1. The smallest absolute Gasteiger partial charge is 0.262 e. The molecular weight excluding hydrogens is 370 g/mol. The van der Waals surface area contributed by atoms with E-state index < -0.39 is 27.9 Å². The lowest BCUT2D eigenvalue weighted by Crippen LogP contribution is -2.51. The molecule has 2 aromatic rings. The molecule has 1 heterocycles. The van der Waals surface area contributed by atoms with Crippen molar-refractivity contribution >= 4 is 15.9 Å². The molecule has 1 aromatic heterocycles. The fourth-order valence-corrected chi connectivity index (χ4v) is 4.30. The van der Waals surface area contributed by atoms with E-state index in [1.165, 1.54) is 43.1 Å². The zero-order valence-electron chi connectivity index (χ0n) is 15.1. The van der Waals surface area contributed by atoms with E-state index in [1.54, 1.807) is 25.3 Å². The van der Waals surface area contributed by atoms with Gasteiger partial charge in [0.25, 0.3) is 5.91 Å². The first kappa shape index (κ1) is 20.8. The topological polar surface area (TPSA) is 109 Å². The average molecular weight is 392 g/mol. The Morgan fingerprint density at radius 2 is 2.00 bits per heavy atom. The third-order valence-corrected chi connectivity index (χ3v) is 5.80. The monoisotopic (exact) mass is 392 g/mol. The molecule has 145 valence electrons. The van der Waals surface area contributed by atoms with Gasteiger partial charge in [-0.2, -0.15) is 4.31 Å². The number of amides is 1. The molecule has 0 aliphatic heterocycles. The Hall–Kier alpha value is -2.49. The number of hydrogen-bond acceptors (Lipinski definition) is 6. The maximum absolute atomic E-state index is 13.3. The molecular formula is C18H22N3O5S. The summed E-state index contributed by atoms with van der Waals surface area (Å²) in [5.74, 6) is -0.997. The van der Waals surface area contributed by atoms with Crippen molar-refractivity contribution in [3.05, 3.63) is 61.3 Å². The van der Waals surface area contributed by atoms with Gasteiger partial charge in [0.05, 0.1) is 12.0 Å². The lowest BCUT2D eigenvalue weighted by molar-refractivity contribution is -0.134. The molecule has 0 aliphatic carbocycles. The van der Waals surface area contributed by atoms with Crippen molar-refractivity contribution in [1.29, 1.82) is 0 Å². The number of pyridine rings is 1. The van der Waals surface area contributed by atoms with E-state index in [-0.39, 0.29) is 11.4 Å². The fraction of sp³-hybridized carbons (Fsp3) is 0.278. The van der Waals surface area contributed by atoms with Crippen LogP contribution in [0.2, 0.25) is 0 Å². The van der Waals surface area contributed by atoms with Gasteiger partial charge in [-0.25, -0.2) is 13.9 Å². The quantitative estimate of drug-likeness (QED) is 0.522. The molecule has 0 fully saturated rings. The van der Waals surface area contributed by atoms with E-state index in [0.29, 0.717) is 11.3 Å². The standard InChI is InChI=1S/C18H22N3O5S/c1-13(2)17(18(22)20-23)21(12-14-5-4-10-19-11-14)27(24,25)16-8-6-15(26-3)7-9-16/h4-11,13,17,23H,1,12H2,2-3H3,(H,20,22)/t13?,17-/m1/s1. The largest absolute Gasteiger partial charge is 0.497 e. The summed E-state index contributed by atoms with van der Waals surface area (Å²) < 4.78 is 32.6. The molecule has 2 N–H and O–H groups in total. The van der Waals surface area contributed by atoms with Crippen LogP contribution in [0.4, 0.5) is 0 Å². The summed E-state index contributed by atoms with van der Waals surface area (Å²) in [7, 11) is -2.61. The second-order valence-electron chi connectivity index (χ2n) is 5.99. The SMILES string of the molecule is [CH2]C(C)[C@H](C(=O)NO)N(Cc1cccnc1)S(=O)(=O)c1ccc(OC)cc1. The van der Waals surface area contributed by atoms with Gasteiger partial charge >= 0.3 is 0 Å². The van der Waals surface area contributed by atoms with E-state index in [1.807, 2.05) is 0 Å². The highest BCUT2D eigenvalue weighted by atomic mass is 32.2. The van der Waals surface area contributed by atoms with Gasteiger partial charge < -0.3 is 4.74 Å². The highest BCUT2D eigenvalue weighted by Gasteiger charge is 2.38. The van der Waals surface area contributed by atoms with Gasteiger partial charge in [0.15, 0.2) is 0 Å². The summed E-state index contributed by atoms with van der Waals surface area (Å²) in [6.45, 7) is 5.28. The molecule has 8 nitrogen and oxygen atoms in total. The zero-order chi connectivity index (χ0) is 20.0. The van der Waals surface area contributed by atoms with Gasteiger partial charge in [0.2, 0.25) is 10.0 Å². The second-order valence-corrected chi connectivity index (χ2v) is 7.88. The van der Waals surface area contributed by atoms with E-state index in [0.717, 1.165) is 4.31 Å². The van der Waals surface area contributed by atoms with Gasteiger partial charge in [-0.15, -0.1) is 0 Å². The second kappa shape index (κ2) is 8.94. The number of methoxy groups -OCH3 is 1. The first-order chi connectivity index (χ1) is 12.8. The Morgan fingerprint density at radius 3 is 2.48 bits per heavy atom. The number of hydrogen-bond donors (Lipinski definition) is 2. The van der Waals surface area contributed by atoms with Crippen LogP contribution in [0.1, 0.15) is 12.5 Å². The molecule has 9 heteroatoms. The van der Waals surface area contributed by atoms with Crippen LogP contribution in [0, 0.1) is 12.8 Å². The van der Waals surface area contributed by atoms with Gasteiger partial charge in [-0.1, -0.05) is 13.0 Å². The van der Waals surface area contributed by atoms with Crippen LogP contribution in [0.25, 0.3) is 0 Å². The Balaban J connectivity index is 2.53. The third-order valence-electron chi connectivity index (χ3n) is 3.96. The van der Waals surface area contributed by atoms with E-state index in [9.17, 15) is 13.2 Å². The van der Waals surface area contributed by atoms with Crippen LogP contribution in [0.3, 0.4) is 0 Å². The Labute approximate surface area is 158 Å². The summed E-state index contributed by atoms with van der Waals surface area (Å²) in [5.41, 5.74) is 2.12. The lowest BCUT2D eigenvalue weighted by Gasteiger charge is -2.31. The van der Waals surface area contributed by atoms with Crippen molar-refractivity contribution in [3.63, 3.8) is 0 Å². The van der Waals surface area contributed by atoms with Gasteiger partial charge in [0.1, 0.15) is 11.8 Å². The van der Waals surface area contributed by atoms with Crippen molar-refractivity contribution in [3.8, 4) is 5.75 Å². The number of benzene rings is 1. The minimum Gasteiger partial charge on any atom is -0.497 e. The number of carbonyl (C=O) groups is 1. The number of ether oxygens (including phenoxy) is 1. The van der Waals surface area contributed by atoms with Crippen LogP contribution in [-0.2, 0) is 21.4 Å². The molecule has 1 unspecified atom stereocenters. The number of nitrogens with one attached hydrogen (secondary N) is 1. The molecule has 0 saturated carbocycles. The van der Waals surface area contributed by atoms with Crippen LogP contribution >= 0.6 is 0 Å². The van der Waals surface area contributed by atoms with Crippen LogP contribution < -0.4 is 10.2 Å². The predicted octanol–water partition coefficient (Wildman–Crippen LogP) is 1.63. The zero-order valence-corrected chi connectivity index (χ0v) is 15.9. The van der Waals surface area contributed by atoms with Crippen molar-refractivity contribution in [2.75, 3.05) is 7.11 Å². The summed E-state index contributed by atoms with van der Waals surface area (Å²) in [4.78, 5) is 16.2. The van der Waals surface area contributed by atoms with Crippen LogP contribution in [0.15, 0.2) is 53.7 Å². The fourth-order valence-electron chi connectivity index (χ4n) is 2.63. The molecule has 1 radical (unpaired) electrons. The molecule has 2 rings (SSSR count). The highest BCUT2D eigenvalue weighted by molar-refractivity contribution is 7.89. The molecule has 0 spiro atoms. The van der Waals surface area contributed by atoms with Crippen LogP contribution in [-0.4, -0.2) is 42.0 Å². The van der Waals surface area contributed by atoms with Gasteiger partial charge in [-0.05, 0) is 48.7 Å². The molecule has 2 atom stereocenters. The highest BCUT2D eigenvalue weighted by Crippen LogP contribution is 2.26. The summed E-state index contributed by atoms with van der Waals surface area (Å²) in [5, 5.41) is 9.10. The Kier molecular flexibility index (Phi) is 6.89. The number of rotatable bonds is 8. The third kappa shape index (κ3) is 4.82. The molecule has 1 amide bonds. The van der Waals surface area contributed by atoms with E-state index >= 15 is 0 Å².